The van der Waals surface area contributed by atoms with Crippen molar-refractivity contribution < 1.29 is 14.4 Å². The van der Waals surface area contributed by atoms with Crippen LogP contribution in [-0.4, -0.2) is 48.0 Å². The third-order valence-corrected chi connectivity index (χ3v) is 5.68. The van der Waals surface area contributed by atoms with E-state index in [1.54, 1.807) is 21.6 Å². The molecular weight excluding hydrogens is 338 g/mol. The minimum atomic E-state index is -0.537. The van der Waals surface area contributed by atoms with E-state index in [2.05, 4.69) is 0 Å². The van der Waals surface area contributed by atoms with Gasteiger partial charge in [-0.05, 0) is 43.7 Å². The van der Waals surface area contributed by atoms with Crippen LogP contribution in [0.5, 0.6) is 0 Å². The maximum Gasteiger partial charge on any atom is 0.240 e. The summed E-state index contributed by atoms with van der Waals surface area (Å²) >= 11 is 1.61. The second-order valence-corrected chi connectivity index (χ2v) is 7.43. The molecule has 6 nitrogen and oxygen atoms in total. The Morgan fingerprint density at radius 1 is 1.28 bits per heavy atom. The molecule has 0 aromatic heterocycles. The zero-order valence-electron chi connectivity index (χ0n) is 14.3. The van der Waals surface area contributed by atoms with Crippen molar-refractivity contribution in [2.24, 2.45) is 11.7 Å². The van der Waals surface area contributed by atoms with Crippen molar-refractivity contribution in [3.63, 3.8) is 0 Å². The molecule has 2 aliphatic rings. The number of carbonyl (C=O) groups excluding carboxylic acids is 3. The quantitative estimate of drug-likeness (QED) is 0.826. The second kappa shape index (κ2) is 7.47. The SMILES string of the molecule is CSc1cccc(N2C[C@@H](C(=O)N3CCCC[C@H]3C(N)=O)CC2=O)c1. The molecule has 2 saturated heterocycles. The number of carbonyl (C=O) groups is 3. The number of hydrogen-bond acceptors (Lipinski definition) is 4. The minimum Gasteiger partial charge on any atom is -0.368 e. The van der Waals surface area contributed by atoms with E-state index in [4.69, 9.17) is 5.73 Å². The first-order chi connectivity index (χ1) is 12.0. The predicted octanol–water partition coefficient (Wildman–Crippen LogP) is 1.63. The van der Waals surface area contributed by atoms with Crippen LogP contribution in [0.2, 0.25) is 0 Å². The Bertz CT molecular complexity index is 694. The van der Waals surface area contributed by atoms with Gasteiger partial charge in [0.15, 0.2) is 0 Å². The standard InChI is InChI=1S/C18H23N3O3S/c1-25-14-6-4-5-13(10-14)21-11-12(9-16(21)22)18(24)20-8-3-2-7-15(20)17(19)23/h4-6,10,12,15H,2-3,7-9,11H2,1H3,(H2,19,23)/t12-,15-/m0/s1. The number of nitrogens with two attached hydrogens (primary N) is 1. The summed E-state index contributed by atoms with van der Waals surface area (Å²) in [4.78, 5) is 41.3. The first-order valence-electron chi connectivity index (χ1n) is 8.55. The van der Waals surface area contributed by atoms with Crippen molar-refractivity contribution in [1.29, 1.82) is 0 Å². The lowest BCUT2D eigenvalue weighted by atomic mass is 9.98. The maximum absolute atomic E-state index is 12.9. The van der Waals surface area contributed by atoms with Crippen molar-refractivity contribution in [1.82, 2.24) is 4.90 Å². The fourth-order valence-electron chi connectivity index (χ4n) is 3.63. The number of amides is 3. The van der Waals surface area contributed by atoms with E-state index in [-0.39, 0.29) is 18.2 Å². The fourth-order valence-corrected chi connectivity index (χ4v) is 4.08. The number of benzene rings is 1. The van der Waals surface area contributed by atoms with Gasteiger partial charge in [-0.3, -0.25) is 14.4 Å². The van der Waals surface area contributed by atoms with Crippen molar-refractivity contribution in [3.05, 3.63) is 24.3 Å². The van der Waals surface area contributed by atoms with E-state index >= 15 is 0 Å². The Labute approximate surface area is 151 Å². The van der Waals surface area contributed by atoms with Crippen molar-refractivity contribution >= 4 is 35.2 Å². The smallest absolute Gasteiger partial charge is 0.240 e. The van der Waals surface area contributed by atoms with E-state index < -0.39 is 17.9 Å². The first kappa shape index (κ1) is 17.8. The van der Waals surface area contributed by atoms with Gasteiger partial charge < -0.3 is 15.5 Å². The van der Waals surface area contributed by atoms with Crippen LogP contribution in [0.25, 0.3) is 0 Å². The van der Waals surface area contributed by atoms with Gasteiger partial charge in [-0.15, -0.1) is 11.8 Å². The summed E-state index contributed by atoms with van der Waals surface area (Å²) in [6.45, 7) is 0.899. The average molecular weight is 361 g/mol. The molecule has 0 bridgehead atoms. The second-order valence-electron chi connectivity index (χ2n) is 6.55. The highest BCUT2D eigenvalue weighted by atomic mass is 32.2. The predicted molar refractivity (Wildman–Crippen MR) is 97.2 cm³/mol. The zero-order valence-corrected chi connectivity index (χ0v) is 15.1. The normalized spacial score (nSPS) is 23.8. The molecule has 25 heavy (non-hydrogen) atoms. The van der Waals surface area contributed by atoms with Crippen LogP contribution < -0.4 is 10.6 Å². The molecule has 7 heteroatoms. The highest BCUT2D eigenvalue weighted by molar-refractivity contribution is 7.98. The van der Waals surface area contributed by atoms with E-state index in [1.807, 2.05) is 30.5 Å². The molecule has 2 fully saturated rings. The van der Waals surface area contributed by atoms with Crippen LogP contribution in [0.15, 0.2) is 29.2 Å². The van der Waals surface area contributed by atoms with Gasteiger partial charge in [-0.25, -0.2) is 0 Å². The number of primary amides is 1. The molecular formula is C18H23N3O3S. The van der Waals surface area contributed by atoms with Crippen LogP contribution >= 0.6 is 11.8 Å². The Balaban J connectivity index is 1.75. The average Bonchev–Trinajstić information content (AvgIpc) is 3.02. The Hall–Kier alpha value is -2.02. The third-order valence-electron chi connectivity index (χ3n) is 4.95. The largest absolute Gasteiger partial charge is 0.368 e. The van der Waals surface area contributed by atoms with Gasteiger partial charge in [-0.1, -0.05) is 6.07 Å². The number of likely N-dealkylation sites (tertiary alicyclic amines) is 1. The van der Waals surface area contributed by atoms with Gasteiger partial charge in [0.2, 0.25) is 17.7 Å². The molecule has 1 aromatic rings. The fraction of sp³-hybridized carbons (Fsp3) is 0.500. The Kier molecular flexibility index (Phi) is 5.32. The van der Waals surface area contributed by atoms with Gasteiger partial charge in [0.25, 0.3) is 0 Å². The van der Waals surface area contributed by atoms with E-state index in [0.29, 0.717) is 19.5 Å². The number of piperidine rings is 1. The lowest BCUT2D eigenvalue weighted by molar-refractivity contribution is -0.144. The molecule has 2 atom stereocenters. The molecule has 0 saturated carbocycles. The summed E-state index contributed by atoms with van der Waals surface area (Å²) < 4.78 is 0. The number of hydrogen-bond donors (Lipinski definition) is 1. The molecule has 0 unspecified atom stereocenters. The molecule has 0 radical (unpaired) electrons. The summed E-state index contributed by atoms with van der Waals surface area (Å²) in [5, 5.41) is 0. The van der Waals surface area contributed by atoms with Gasteiger partial charge in [0.1, 0.15) is 6.04 Å². The topological polar surface area (TPSA) is 83.7 Å². The third kappa shape index (κ3) is 3.66. The summed E-state index contributed by atoms with van der Waals surface area (Å²) in [6, 6.07) is 7.21. The highest BCUT2D eigenvalue weighted by Crippen LogP contribution is 2.30. The van der Waals surface area contributed by atoms with Crippen molar-refractivity contribution in [2.45, 2.75) is 36.6 Å². The van der Waals surface area contributed by atoms with Crippen LogP contribution in [0.1, 0.15) is 25.7 Å². The number of anilines is 1. The Morgan fingerprint density at radius 2 is 2.08 bits per heavy atom. The maximum atomic E-state index is 12.9. The summed E-state index contributed by atoms with van der Waals surface area (Å²) in [7, 11) is 0. The van der Waals surface area contributed by atoms with Gasteiger partial charge in [-0.2, -0.15) is 0 Å². The van der Waals surface area contributed by atoms with Gasteiger partial charge in [0.05, 0.1) is 5.92 Å². The minimum absolute atomic E-state index is 0.0516. The zero-order chi connectivity index (χ0) is 18.0. The Morgan fingerprint density at radius 3 is 2.80 bits per heavy atom. The lowest BCUT2D eigenvalue weighted by Crippen LogP contribution is -2.52. The van der Waals surface area contributed by atoms with Gasteiger partial charge in [0, 0.05) is 30.1 Å². The molecule has 2 N–H and O–H groups in total. The highest BCUT2D eigenvalue weighted by Gasteiger charge is 2.40. The monoisotopic (exact) mass is 361 g/mol. The van der Waals surface area contributed by atoms with E-state index in [9.17, 15) is 14.4 Å². The summed E-state index contributed by atoms with van der Waals surface area (Å²) in [5.41, 5.74) is 6.28. The van der Waals surface area contributed by atoms with Crippen LogP contribution in [0, 0.1) is 5.92 Å². The molecule has 2 heterocycles. The van der Waals surface area contributed by atoms with Crippen LogP contribution in [0.4, 0.5) is 5.69 Å². The van der Waals surface area contributed by atoms with E-state index in [0.717, 1.165) is 23.4 Å². The van der Waals surface area contributed by atoms with E-state index in [1.165, 1.54) is 0 Å². The number of thioether (sulfide) groups is 1. The number of rotatable bonds is 4. The number of nitrogens with zero attached hydrogens (tertiary/aromatic N) is 2. The van der Waals surface area contributed by atoms with Crippen molar-refractivity contribution in [3.8, 4) is 0 Å². The van der Waals surface area contributed by atoms with Crippen LogP contribution in [0.3, 0.4) is 0 Å². The van der Waals surface area contributed by atoms with Crippen molar-refractivity contribution in [2.75, 3.05) is 24.2 Å². The van der Waals surface area contributed by atoms with Crippen LogP contribution in [-0.2, 0) is 14.4 Å². The summed E-state index contributed by atoms with van der Waals surface area (Å²) in [5.74, 6) is -1.04. The molecule has 3 amide bonds. The molecule has 2 aliphatic heterocycles. The molecule has 1 aromatic carbocycles. The summed E-state index contributed by atoms with van der Waals surface area (Å²) in [6.07, 6.45) is 4.55. The molecule has 3 rings (SSSR count). The molecule has 0 spiro atoms. The molecule has 0 aliphatic carbocycles. The van der Waals surface area contributed by atoms with Gasteiger partial charge >= 0.3 is 0 Å². The first-order valence-corrected chi connectivity index (χ1v) is 9.78. The lowest BCUT2D eigenvalue weighted by Gasteiger charge is -2.35. The molecule has 134 valence electrons.